The first-order valence-electron chi connectivity index (χ1n) is 5.10. The second-order valence-electron chi connectivity index (χ2n) is 5.06. The fourth-order valence-corrected chi connectivity index (χ4v) is 1.98. The third-order valence-corrected chi connectivity index (χ3v) is 4.00. The smallest absolute Gasteiger partial charge is 0.195 e. The minimum Gasteiger partial charge on any atom is -0.394 e. The predicted molar refractivity (Wildman–Crippen MR) is 54.5 cm³/mol. The summed E-state index contributed by atoms with van der Waals surface area (Å²) in [6.45, 7) is 4.16. The molecule has 5 N–H and O–H groups in total. The normalized spacial score (nSPS) is 58.7. The number of hydrogen-bond acceptors (Lipinski definition) is 6. The first-order valence-corrected chi connectivity index (χ1v) is 5.10. The molecule has 1 fully saturated rings. The molecule has 6 heteroatoms. The molecule has 1 heterocycles. The van der Waals surface area contributed by atoms with Crippen molar-refractivity contribution in [3.63, 3.8) is 0 Å². The lowest BCUT2D eigenvalue weighted by atomic mass is 9.65. The molecule has 0 aromatic heterocycles. The van der Waals surface area contributed by atoms with E-state index >= 15 is 0 Å². The zero-order valence-electron chi connectivity index (χ0n) is 9.93. The third-order valence-electron chi connectivity index (χ3n) is 4.00. The minimum atomic E-state index is -2.09. The van der Waals surface area contributed by atoms with Gasteiger partial charge in [-0.1, -0.05) is 0 Å². The van der Waals surface area contributed by atoms with Crippen LogP contribution in [0.2, 0.25) is 0 Å². The fourth-order valence-electron chi connectivity index (χ4n) is 1.98. The third kappa shape index (κ3) is 1.42. The highest BCUT2D eigenvalue weighted by atomic mass is 16.7. The van der Waals surface area contributed by atoms with Crippen molar-refractivity contribution in [2.45, 2.75) is 56.4 Å². The Bertz CT molecular complexity index is 281. The molecule has 16 heavy (non-hydrogen) atoms. The Labute approximate surface area is 94.1 Å². The largest absolute Gasteiger partial charge is 0.394 e. The molecule has 0 saturated carbocycles. The summed E-state index contributed by atoms with van der Waals surface area (Å²) >= 11 is 0. The van der Waals surface area contributed by atoms with Crippen LogP contribution >= 0.6 is 0 Å². The van der Waals surface area contributed by atoms with Crippen molar-refractivity contribution < 1.29 is 30.3 Å². The molecular weight excluding hydrogens is 216 g/mol. The molecule has 0 aliphatic carbocycles. The van der Waals surface area contributed by atoms with Gasteiger partial charge < -0.3 is 30.3 Å². The van der Waals surface area contributed by atoms with Gasteiger partial charge in [-0.15, -0.1) is 0 Å². The maximum absolute atomic E-state index is 10.2. The highest BCUT2D eigenvalue weighted by molar-refractivity contribution is 5.16. The van der Waals surface area contributed by atoms with Crippen LogP contribution in [0.25, 0.3) is 0 Å². The van der Waals surface area contributed by atoms with E-state index in [4.69, 9.17) is 9.84 Å². The Hall–Kier alpha value is -0.240. The summed E-state index contributed by atoms with van der Waals surface area (Å²) in [4.78, 5) is 0. The van der Waals surface area contributed by atoms with E-state index in [0.29, 0.717) is 0 Å². The molecule has 1 rings (SSSR count). The topological polar surface area (TPSA) is 110 Å². The number of aliphatic hydroxyl groups excluding tert-OH is 1. The van der Waals surface area contributed by atoms with Crippen LogP contribution < -0.4 is 0 Å². The molecule has 1 aliphatic rings. The fraction of sp³-hybridized carbons (Fsp3) is 1.00. The molecule has 0 aromatic carbocycles. The minimum absolute atomic E-state index is 0.588. The van der Waals surface area contributed by atoms with Gasteiger partial charge in [-0.25, -0.2) is 0 Å². The zero-order chi connectivity index (χ0) is 13.0. The molecule has 96 valence electrons. The van der Waals surface area contributed by atoms with Gasteiger partial charge in [0.2, 0.25) is 0 Å². The quantitative estimate of drug-likeness (QED) is 0.373. The van der Waals surface area contributed by atoms with Crippen molar-refractivity contribution in [1.29, 1.82) is 0 Å². The standard InChI is InChI=1S/C10H20O6/c1-7(12)6(5-11)16-10(4,15)9(3,14)8(7,2)13/h6,11-15H,5H2,1-4H3/t6?,7-,8?,9?,10-/m1/s1. The first kappa shape index (κ1) is 13.8. The Morgan fingerprint density at radius 2 is 1.38 bits per heavy atom. The van der Waals surface area contributed by atoms with E-state index in [1.807, 2.05) is 0 Å². The van der Waals surface area contributed by atoms with Gasteiger partial charge in [0.1, 0.15) is 22.9 Å². The summed E-state index contributed by atoms with van der Waals surface area (Å²) in [5, 5.41) is 49.4. The highest BCUT2D eigenvalue weighted by Gasteiger charge is 2.69. The summed E-state index contributed by atoms with van der Waals surface area (Å²) in [5.41, 5.74) is -6.03. The van der Waals surface area contributed by atoms with Gasteiger partial charge in [-0.3, -0.25) is 0 Å². The van der Waals surface area contributed by atoms with Crippen molar-refractivity contribution in [2.75, 3.05) is 6.61 Å². The van der Waals surface area contributed by atoms with E-state index in [2.05, 4.69) is 0 Å². The molecule has 0 amide bonds. The molecule has 1 aliphatic heterocycles. The van der Waals surface area contributed by atoms with Crippen LogP contribution in [0.1, 0.15) is 27.7 Å². The summed E-state index contributed by atoms with van der Waals surface area (Å²) in [5.74, 6) is -2.08. The molecule has 5 atom stereocenters. The van der Waals surface area contributed by atoms with E-state index in [0.717, 1.165) is 6.92 Å². The second kappa shape index (κ2) is 3.38. The number of rotatable bonds is 1. The van der Waals surface area contributed by atoms with Gasteiger partial charge in [-0.05, 0) is 27.7 Å². The Morgan fingerprint density at radius 1 is 0.938 bits per heavy atom. The molecule has 0 bridgehead atoms. The van der Waals surface area contributed by atoms with Crippen molar-refractivity contribution in [2.24, 2.45) is 0 Å². The van der Waals surface area contributed by atoms with Crippen molar-refractivity contribution in [1.82, 2.24) is 0 Å². The number of ether oxygens (including phenoxy) is 1. The Kier molecular flexibility index (Phi) is 2.92. The van der Waals surface area contributed by atoms with Gasteiger partial charge in [0.15, 0.2) is 5.79 Å². The maximum atomic E-state index is 10.2. The van der Waals surface area contributed by atoms with Gasteiger partial charge in [0, 0.05) is 0 Å². The summed E-state index contributed by atoms with van der Waals surface area (Å²) in [6, 6.07) is 0. The van der Waals surface area contributed by atoms with E-state index in [-0.39, 0.29) is 0 Å². The van der Waals surface area contributed by atoms with Crippen molar-refractivity contribution >= 4 is 0 Å². The van der Waals surface area contributed by atoms with Crippen LogP contribution in [0.15, 0.2) is 0 Å². The Balaban J connectivity index is 3.30. The van der Waals surface area contributed by atoms with Gasteiger partial charge in [0.05, 0.1) is 6.61 Å². The molecule has 3 unspecified atom stereocenters. The SMILES string of the molecule is CC1(O)C(C)(O)[C@](C)(O)C(CO)O[C@@]1(C)O. The van der Waals surface area contributed by atoms with Crippen LogP contribution in [0.3, 0.4) is 0 Å². The van der Waals surface area contributed by atoms with Crippen molar-refractivity contribution in [3.8, 4) is 0 Å². The average molecular weight is 236 g/mol. The Morgan fingerprint density at radius 3 is 1.75 bits per heavy atom. The van der Waals surface area contributed by atoms with Gasteiger partial charge in [-0.2, -0.15) is 0 Å². The van der Waals surface area contributed by atoms with Crippen LogP contribution in [0, 0.1) is 0 Å². The summed E-state index contributed by atoms with van der Waals surface area (Å²) in [6.07, 6.45) is -1.20. The first-order chi connectivity index (χ1) is 6.92. The lowest BCUT2D eigenvalue weighted by molar-refractivity contribution is -0.423. The lowest BCUT2D eigenvalue weighted by Gasteiger charge is -2.60. The molecule has 0 radical (unpaired) electrons. The maximum Gasteiger partial charge on any atom is 0.195 e. The van der Waals surface area contributed by atoms with Crippen LogP contribution in [0.5, 0.6) is 0 Å². The molecular formula is C10H20O6. The molecule has 6 nitrogen and oxygen atoms in total. The van der Waals surface area contributed by atoms with Crippen molar-refractivity contribution in [3.05, 3.63) is 0 Å². The lowest BCUT2D eigenvalue weighted by Crippen LogP contribution is -2.80. The number of hydrogen-bond donors (Lipinski definition) is 5. The molecule has 0 aromatic rings. The predicted octanol–water partition coefficient (Wildman–Crippen LogP) is -1.66. The van der Waals surface area contributed by atoms with Crippen LogP contribution in [-0.2, 0) is 4.74 Å². The van der Waals surface area contributed by atoms with E-state index < -0.39 is 35.3 Å². The molecule has 1 saturated heterocycles. The van der Waals surface area contributed by atoms with Gasteiger partial charge >= 0.3 is 0 Å². The monoisotopic (exact) mass is 236 g/mol. The van der Waals surface area contributed by atoms with E-state index in [1.54, 1.807) is 0 Å². The summed E-state index contributed by atoms with van der Waals surface area (Å²) < 4.78 is 5.03. The van der Waals surface area contributed by atoms with E-state index in [9.17, 15) is 20.4 Å². The van der Waals surface area contributed by atoms with Gasteiger partial charge in [0.25, 0.3) is 0 Å². The summed E-state index contributed by atoms with van der Waals surface area (Å²) in [7, 11) is 0. The van der Waals surface area contributed by atoms with Crippen LogP contribution in [-0.4, -0.2) is 60.8 Å². The zero-order valence-corrected chi connectivity index (χ0v) is 9.93. The van der Waals surface area contributed by atoms with Crippen LogP contribution in [0.4, 0.5) is 0 Å². The number of aliphatic hydroxyl groups is 5. The average Bonchev–Trinajstić information content (AvgIpc) is 2.11. The van der Waals surface area contributed by atoms with E-state index in [1.165, 1.54) is 20.8 Å². The molecule has 0 spiro atoms. The highest BCUT2D eigenvalue weighted by Crippen LogP contribution is 2.47. The second-order valence-corrected chi connectivity index (χ2v) is 5.06.